The molecule has 2 aromatic carbocycles. The topological polar surface area (TPSA) is 21.3 Å². The van der Waals surface area contributed by atoms with Crippen LogP contribution in [-0.2, 0) is 6.54 Å². The molecule has 2 nitrogen and oxygen atoms in total. The minimum absolute atomic E-state index is 0.400. The molecule has 0 aliphatic rings. The largest absolute Gasteiger partial charge is 0.457 e. The fraction of sp³-hybridized carbons (Fsp3) is 0.250. The van der Waals surface area contributed by atoms with Gasteiger partial charge in [-0.15, -0.1) is 0 Å². The van der Waals surface area contributed by atoms with Crippen LogP contribution in [0.15, 0.2) is 42.5 Å². The monoisotopic (exact) mass is 401 g/mol. The van der Waals surface area contributed by atoms with E-state index in [1.54, 1.807) is 0 Å². The lowest BCUT2D eigenvalue weighted by Gasteiger charge is -2.15. The Morgan fingerprint density at radius 3 is 2.50 bits per heavy atom. The van der Waals surface area contributed by atoms with Crippen molar-refractivity contribution in [3.8, 4) is 11.5 Å². The highest BCUT2D eigenvalue weighted by molar-refractivity contribution is 14.1. The number of nitrogens with one attached hydrogen (secondary N) is 1. The number of ether oxygens (including phenoxy) is 1. The van der Waals surface area contributed by atoms with Crippen LogP contribution in [0, 0.1) is 3.57 Å². The third-order valence-electron chi connectivity index (χ3n) is 2.80. The number of hydrogen-bond donors (Lipinski definition) is 1. The molecule has 0 atom stereocenters. The Balaban J connectivity index is 2.22. The SMILES string of the molecule is CC(C)NCc1c(Cl)cccc1Oc1ccc(I)cc1. The Labute approximate surface area is 138 Å². The molecule has 0 radical (unpaired) electrons. The van der Waals surface area contributed by atoms with Crippen molar-refractivity contribution in [2.45, 2.75) is 26.4 Å². The summed E-state index contributed by atoms with van der Waals surface area (Å²) in [6.45, 7) is 4.91. The molecule has 20 heavy (non-hydrogen) atoms. The zero-order valence-corrected chi connectivity index (χ0v) is 14.4. The first-order chi connectivity index (χ1) is 9.56. The summed E-state index contributed by atoms with van der Waals surface area (Å²) >= 11 is 8.56. The van der Waals surface area contributed by atoms with E-state index in [0.29, 0.717) is 12.6 Å². The van der Waals surface area contributed by atoms with E-state index >= 15 is 0 Å². The van der Waals surface area contributed by atoms with Crippen LogP contribution in [0.3, 0.4) is 0 Å². The molecule has 0 spiro atoms. The Morgan fingerprint density at radius 2 is 1.85 bits per heavy atom. The molecule has 0 unspecified atom stereocenters. The van der Waals surface area contributed by atoms with Crippen molar-refractivity contribution < 1.29 is 4.74 Å². The molecule has 0 fully saturated rings. The summed E-state index contributed by atoms with van der Waals surface area (Å²) < 4.78 is 7.13. The molecular weight excluding hydrogens is 385 g/mol. The molecule has 4 heteroatoms. The lowest BCUT2D eigenvalue weighted by Crippen LogP contribution is -2.22. The van der Waals surface area contributed by atoms with E-state index < -0.39 is 0 Å². The van der Waals surface area contributed by atoms with E-state index in [1.807, 2.05) is 42.5 Å². The van der Waals surface area contributed by atoms with Gasteiger partial charge in [0.2, 0.25) is 0 Å². The second-order valence-corrected chi connectivity index (χ2v) is 6.46. The highest BCUT2D eigenvalue weighted by atomic mass is 127. The predicted molar refractivity (Wildman–Crippen MR) is 92.7 cm³/mol. The minimum Gasteiger partial charge on any atom is -0.457 e. The maximum Gasteiger partial charge on any atom is 0.133 e. The van der Waals surface area contributed by atoms with Gasteiger partial charge in [-0.1, -0.05) is 31.5 Å². The van der Waals surface area contributed by atoms with Crippen molar-refractivity contribution in [1.29, 1.82) is 0 Å². The molecule has 2 rings (SSSR count). The fourth-order valence-electron chi connectivity index (χ4n) is 1.74. The first-order valence-corrected chi connectivity index (χ1v) is 7.96. The molecule has 0 aliphatic carbocycles. The summed E-state index contributed by atoms with van der Waals surface area (Å²) in [5.74, 6) is 1.62. The van der Waals surface area contributed by atoms with Gasteiger partial charge in [-0.05, 0) is 59.0 Å². The van der Waals surface area contributed by atoms with E-state index in [-0.39, 0.29) is 0 Å². The van der Waals surface area contributed by atoms with Crippen LogP contribution >= 0.6 is 34.2 Å². The van der Waals surface area contributed by atoms with Gasteiger partial charge in [0, 0.05) is 26.7 Å². The predicted octanol–water partition coefficient (Wildman–Crippen LogP) is 5.23. The molecule has 0 saturated carbocycles. The van der Waals surface area contributed by atoms with Crippen molar-refractivity contribution in [2.24, 2.45) is 0 Å². The summed E-state index contributed by atoms with van der Waals surface area (Å²) in [5, 5.41) is 4.10. The van der Waals surface area contributed by atoms with Crippen LogP contribution in [0.5, 0.6) is 11.5 Å². The fourth-order valence-corrected chi connectivity index (χ4v) is 2.33. The van der Waals surface area contributed by atoms with E-state index in [4.69, 9.17) is 16.3 Å². The van der Waals surface area contributed by atoms with Gasteiger partial charge in [0.05, 0.1) is 0 Å². The van der Waals surface area contributed by atoms with Crippen molar-refractivity contribution in [1.82, 2.24) is 5.32 Å². The second kappa shape index (κ2) is 7.29. The van der Waals surface area contributed by atoms with Crippen molar-refractivity contribution >= 4 is 34.2 Å². The number of halogens is 2. The van der Waals surface area contributed by atoms with Gasteiger partial charge in [-0.2, -0.15) is 0 Å². The number of benzene rings is 2. The van der Waals surface area contributed by atoms with Gasteiger partial charge < -0.3 is 10.1 Å². The van der Waals surface area contributed by atoms with Crippen molar-refractivity contribution in [3.05, 3.63) is 56.6 Å². The van der Waals surface area contributed by atoms with Crippen molar-refractivity contribution in [3.63, 3.8) is 0 Å². The van der Waals surface area contributed by atoms with Crippen LogP contribution in [-0.4, -0.2) is 6.04 Å². The lowest BCUT2D eigenvalue weighted by molar-refractivity contribution is 0.469. The zero-order chi connectivity index (χ0) is 14.5. The lowest BCUT2D eigenvalue weighted by atomic mass is 10.2. The molecular formula is C16H17ClINO. The molecule has 0 amide bonds. The molecule has 106 valence electrons. The Kier molecular flexibility index (Phi) is 5.69. The van der Waals surface area contributed by atoms with E-state index in [2.05, 4.69) is 41.8 Å². The Bertz CT molecular complexity index is 569. The maximum atomic E-state index is 6.28. The zero-order valence-electron chi connectivity index (χ0n) is 11.5. The summed E-state index contributed by atoms with van der Waals surface area (Å²) in [6.07, 6.45) is 0. The number of rotatable bonds is 5. The highest BCUT2D eigenvalue weighted by Crippen LogP contribution is 2.30. The summed E-state index contributed by atoms with van der Waals surface area (Å²) in [5.41, 5.74) is 0.987. The van der Waals surface area contributed by atoms with Crippen LogP contribution in [0.2, 0.25) is 5.02 Å². The van der Waals surface area contributed by atoms with Gasteiger partial charge in [0.15, 0.2) is 0 Å². The average molecular weight is 402 g/mol. The van der Waals surface area contributed by atoms with Gasteiger partial charge in [-0.25, -0.2) is 0 Å². The summed E-state index contributed by atoms with van der Waals surface area (Å²) in [7, 11) is 0. The van der Waals surface area contributed by atoms with Gasteiger partial charge in [0.25, 0.3) is 0 Å². The normalized spacial score (nSPS) is 10.8. The van der Waals surface area contributed by atoms with Crippen LogP contribution in [0.25, 0.3) is 0 Å². The third kappa shape index (κ3) is 4.36. The van der Waals surface area contributed by atoms with Crippen LogP contribution in [0.1, 0.15) is 19.4 Å². The van der Waals surface area contributed by atoms with Gasteiger partial charge >= 0.3 is 0 Å². The molecule has 0 bridgehead atoms. The Hall–Kier alpha value is -0.780. The molecule has 0 aromatic heterocycles. The summed E-state index contributed by atoms with van der Waals surface area (Å²) in [6, 6.07) is 14.1. The van der Waals surface area contributed by atoms with Gasteiger partial charge in [0.1, 0.15) is 11.5 Å². The average Bonchev–Trinajstić information content (AvgIpc) is 2.40. The van der Waals surface area contributed by atoms with E-state index in [1.165, 1.54) is 3.57 Å². The quantitative estimate of drug-likeness (QED) is 0.692. The number of hydrogen-bond acceptors (Lipinski definition) is 2. The molecule has 2 aromatic rings. The Morgan fingerprint density at radius 1 is 1.15 bits per heavy atom. The first kappa shape index (κ1) is 15.6. The van der Waals surface area contributed by atoms with Crippen LogP contribution < -0.4 is 10.1 Å². The first-order valence-electron chi connectivity index (χ1n) is 6.50. The van der Waals surface area contributed by atoms with Crippen LogP contribution in [0.4, 0.5) is 0 Å². The van der Waals surface area contributed by atoms with Crippen molar-refractivity contribution in [2.75, 3.05) is 0 Å². The van der Waals surface area contributed by atoms with E-state index in [0.717, 1.165) is 22.1 Å². The molecule has 0 aliphatic heterocycles. The molecule has 1 N–H and O–H groups in total. The molecule has 0 saturated heterocycles. The van der Waals surface area contributed by atoms with Gasteiger partial charge in [-0.3, -0.25) is 0 Å². The minimum atomic E-state index is 0.400. The second-order valence-electron chi connectivity index (χ2n) is 4.81. The molecule has 0 heterocycles. The maximum absolute atomic E-state index is 6.28. The smallest absolute Gasteiger partial charge is 0.133 e. The third-order valence-corrected chi connectivity index (χ3v) is 3.88. The summed E-state index contributed by atoms with van der Waals surface area (Å²) in [4.78, 5) is 0. The van der Waals surface area contributed by atoms with E-state index in [9.17, 15) is 0 Å². The standard InChI is InChI=1S/C16H17ClINO/c1-11(2)19-10-14-15(17)4-3-5-16(14)20-13-8-6-12(18)7-9-13/h3-9,11,19H,10H2,1-2H3. The highest BCUT2D eigenvalue weighted by Gasteiger charge is 2.09.